The fourth-order valence-corrected chi connectivity index (χ4v) is 6.45. The van der Waals surface area contributed by atoms with Crippen LogP contribution in [0, 0.1) is 38.5 Å². The molecular formula is C24H32N2O3. The SMILES string of the molecule is Cc1nc(-c2cc(C)c(OCCCOC34CC5CC(CC(C5)C3)C4)c(C)c2)no1. The standard InChI is InChI=1S/C24H32N2O3/c1-15-7-21(23-25-17(3)29-26-23)8-16(2)22(15)27-5-4-6-28-24-12-18-9-19(13-24)11-20(10-18)14-24/h7-8,18-20H,4-6,9-14H2,1-3H3. The van der Waals surface area contributed by atoms with E-state index in [1.165, 1.54) is 38.5 Å². The molecule has 0 atom stereocenters. The number of aryl methyl sites for hydroxylation is 3. The molecule has 0 amide bonds. The number of hydrogen-bond acceptors (Lipinski definition) is 5. The molecule has 156 valence electrons. The molecule has 1 aromatic heterocycles. The van der Waals surface area contributed by atoms with E-state index in [0.717, 1.165) is 53.2 Å². The van der Waals surface area contributed by atoms with Gasteiger partial charge in [0.2, 0.25) is 11.7 Å². The second-order valence-electron chi connectivity index (χ2n) is 9.73. The van der Waals surface area contributed by atoms with E-state index in [9.17, 15) is 0 Å². The van der Waals surface area contributed by atoms with E-state index in [1.54, 1.807) is 6.92 Å². The van der Waals surface area contributed by atoms with Gasteiger partial charge in [0.05, 0.1) is 18.8 Å². The molecule has 5 heteroatoms. The van der Waals surface area contributed by atoms with Gasteiger partial charge in [-0.1, -0.05) is 5.16 Å². The van der Waals surface area contributed by atoms with E-state index in [4.69, 9.17) is 14.0 Å². The minimum atomic E-state index is 0.199. The van der Waals surface area contributed by atoms with Crippen LogP contribution in [0.3, 0.4) is 0 Å². The van der Waals surface area contributed by atoms with Crippen molar-refractivity contribution in [3.63, 3.8) is 0 Å². The smallest absolute Gasteiger partial charge is 0.223 e. The highest BCUT2D eigenvalue weighted by Crippen LogP contribution is 2.57. The van der Waals surface area contributed by atoms with Gasteiger partial charge in [-0.05, 0) is 93.4 Å². The van der Waals surface area contributed by atoms with Gasteiger partial charge >= 0.3 is 0 Å². The average molecular weight is 397 g/mol. The Morgan fingerprint density at radius 2 is 1.59 bits per heavy atom. The largest absolute Gasteiger partial charge is 0.493 e. The summed E-state index contributed by atoms with van der Waals surface area (Å²) in [6.45, 7) is 7.45. The van der Waals surface area contributed by atoms with Gasteiger partial charge in [-0.15, -0.1) is 0 Å². The third kappa shape index (κ3) is 3.81. The number of nitrogens with zero attached hydrogens (tertiary/aromatic N) is 2. The fraction of sp³-hybridized carbons (Fsp3) is 0.667. The van der Waals surface area contributed by atoms with Crippen LogP contribution in [-0.2, 0) is 4.74 Å². The van der Waals surface area contributed by atoms with Gasteiger partial charge in [-0.25, -0.2) is 0 Å². The fourth-order valence-electron chi connectivity index (χ4n) is 6.45. The predicted octanol–water partition coefficient (Wildman–Crippen LogP) is 5.42. The van der Waals surface area contributed by atoms with Gasteiger partial charge in [0, 0.05) is 18.9 Å². The quantitative estimate of drug-likeness (QED) is 0.585. The average Bonchev–Trinajstić information content (AvgIpc) is 3.08. The maximum absolute atomic E-state index is 6.51. The Balaban J connectivity index is 1.14. The first kappa shape index (κ1) is 19.1. The summed E-state index contributed by atoms with van der Waals surface area (Å²) in [5, 5.41) is 4.02. The monoisotopic (exact) mass is 396 g/mol. The lowest BCUT2D eigenvalue weighted by atomic mass is 9.54. The molecule has 1 heterocycles. The van der Waals surface area contributed by atoms with Gasteiger partial charge in [-0.2, -0.15) is 4.98 Å². The third-order valence-electron chi connectivity index (χ3n) is 7.17. The first-order valence-electron chi connectivity index (χ1n) is 11.2. The van der Waals surface area contributed by atoms with Crippen LogP contribution in [0.15, 0.2) is 16.7 Å². The number of aromatic nitrogens is 2. The Morgan fingerprint density at radius 3 is 2.14 bits per heavy atom. The first-order chi connectivity index (χ1) is 14.0. The Hall–Kier alpha value is -1.88. The van der Waals surface area contributed by atoms with Crippen LogP contribution in [0.4, 0.5) is 0 Å². The second kappa shape index (κ2) is 7.42. The normalized spacial score (nSPS) is 30.1. The zero-order chi connectivity index (χ0) is 20.0. The molecule has 0 saturated heterocycles. The van der Waals surface area contributed by atoms with Crippen molar-refractivity contribution >= 4 is 0 Å². The summed E-state index contributed by atoms with van der Waals surface area (Å²) in [6.07, 6.45) is 9.22. The van der Waals surface area contributed by atoms with Crippen molar-refractivity contribution in [2.45, 2.75) is 71.3 Å². The van der Waals surface area contributed by atoms with Crippen LogP contribution in [-0.4, -0.2) is 29.0 Å². The molecule has 6 rings (SSSR count). The van der Waals surface area contributed by atoms with E-state index in [-0.39, 0.29) is 5.60 Å². The lowest BCUT2D eigenvalue weighted by Gasteiger charge is -2.56. The van der Waals surface area contributed by atoms with Crippen LogP contribution in [0.25, 0.3) is 11.4 Å². The molecule has 0 N–H and O–H groups in total. The highest BCUT2D eigenvalue weighted by atomic mass is 16.5. The summed E-state index contributed by atoms with van der Waals surface area (Å²) in [6, 6.07) is 4.14. The zero-order valence-electron chi connectivity index (χ0n) is 17.9. The molecule has 4 fully saturated rings. The first-order valence-corrected chi connectivity index (χ1v) is 11.2. The molecule has 4 saturated carbocycles. The van der Waals surface area contributed by atoms with Crippen molar-refractivity contribution in [2.24, 2.45) is 17.8 Å². The number of hydrogen-bond donors (Lipinski definition) is 0. The second-order valence-corrected chi connectivity index (χ2v) is 9.73. The molecule has 0 radical (unpaired) electrons. The molecule has 4 bridgehead atoms. The summed E-state index contributed by atoms with van der Waals surface area (Å²) in [5.74, 6) is 4.97. The van der Waals surface area contributed by atoms with Crippen LogP contribution in [0.1, 0.15) is 62.0 Å². The highest BCUT2D eigenvalue weighted by Gasteiger charge is 2.51. The van der Waals surface area contributed by atoms with Crippen LogP contribution >= 0.6 is 0 Å². The topological polar surface area (TPSA) is 57.4 Å². The van der Waals surface area contributed by atoms with E-state index >= 15 is 0 Å². The number of ether oxygens (including phenoxy) is 2. The number of rotatable bonds is 7. The summed E-state index contributed by atoms with van der Waals surface area (Å²) in [5.41, 5.74) is 3.37. The van der Waals surface area contributed by atoms with Crippen molar-refractivity contribution in [3.05, 3.63) is 29.2 Å². The summed E-state index contributed by atoms with van der Waals surface area (Å²) < 4.78 is 17.8. The summed E-state index contributed by atoms with van der Waals surface area (Å²) >= 11 is 0. The van der Waals surface area contributed by atoms with Gasteiger partial charge in [0.25, 0.3) is 0 Å². The maximum Gasteiger partial charge on any atom is 0.223 e. The minimum Gasteiger partial charge on any atom is -0.493 e. The zero-order valence-corrected chi connectivity index (χ0v) is 17.9. The van der Waals surface area contributed by atoms with Crippen molar-refractivity contribution < 1.29 is 14.0 Å². The molecule has 29 heavy (non-hydrogen) atoms. The Morgan fingerprint density at radius 1 is 0.966 bits per heavy atom. The molecular weight excluding hydrogens is 364 g/mol. The summed E-state index contributed by atoms with van der Waals surface area (Å²) in [4.78, 5) is 4.32. The maximum atomic E-state index is 6.51. The molecule has 4 aliphatic rings. The Labute approximate surface area is 173 Å². The minimum absolute atomic E-state index is 0.199. The predicted molar refractivity (Wildman–Crippen MR) is 111 cm³/mol. The van der Waals surface area contributed by atoms with Crippen molar-refractivity contribution in [2.75, 3.05) is 13.2 Å². The summed E-state index contributed by atoms with van der Waals surface area (Å²) in [7, 11) is 0. The molecule has 5 nitrogen and oxygen atoms in total. The van der Waals surface area contributed by atoms with E-state index < -0.39 is 0 Å². The van der Waals surface area contributed by atoms with Crippen LogP contribution in [0.2, 0.25) is 0 Å². The van der Waals surface area contributed by atoms with Gasteiger partial charge < -0.3 is 14.0 Å². The molecule has 0 aliphatic heterocycles. The van der Waals surface area contributed by atoms with Crippen molar-refractivity contribution in [1.82, 2.24) is 10.1 Å². The van der Waals surface area contributed by atoms with Gasteiger partial charge in [-0.3, -0.25) is 0 Å². The lowest BCUT2D eigenvalue weighted by Crippen LogP contribution is -2.52. The Bertz CT molecular complexity index is 830. The molecule has 4 aliphatic carbocycles. The van der Waals surface area contributed by atoms with Crippen molar-refractivity contribution in [3.8, 4) is 17.1 Å². The van der Waals surface area contributed by atoms with Gasteiger partial charge in [0.1, 0.15) is 5.75 Å². The van der Waals surface area contributed by atoms with E-state index in [2.05, 4.69) is 36.1 Å². The van der Waals surface area contributed by atoms with Crippen molar-refractivity contribution in [1.29, 1.82) is 0 Å². The number of benzene rings is 1. The molecule has 2 aromatic rings. The molecule has 0 unspecified atom stereocenters. The molecule has 1 aromatic carbocycles. The van der Waals surface area contributed by atoms with Gasteiger partial charge in [0.15, 0.2) is 0 Å². The third-order valence-corrected chi connectivity index (χ3v) is 7.17. The van der Waals surface area contributed by atoms with Crippen LogP contribution < -0.4 is 4.74 Å². The highest BCUT2D eigenvalue weighted by molar-refractivity contribution is 5.60. The lowest BCUT2D eigenvalue weighted by molar-refractivity contribution is -0.163. The Kier molecular flexibility index (Phi) is 4.89. The van der Waals surface area contributed by atoms with E-state index in [0.29, 0.717) is 18.3 Å². The van der Waals surface area contributed by atoms with E-state index in [1.807, 2.05) is 0 Å². The van der Waals surface area contributed by atoms with Crippen LogP contribution in [0.5, 0.6) is 5.75 Å². The molecule has 0 spiro atoms.